The normalized spacial score (nSPS) is 25.5. The van der Waals surface area contributed by atoms with Gasteiger partial charge in [-0.15, -0.1) is 12.4 Å². The molecule has 2 atom stereocenters. The zero-order valence-electron chi connectivity index (χ0n) is 14.7. The van der Waals surface area contributed by atoms with Crippen LogP contribution in [0.1, 0.15) is 38.2 Å². The third kappa shape index (κ3) is 3.70. The lowest BCUT2D eigenvalue weighted by atomic mass is 9.67. The maximum absolute atomic E-state index is 13.1. The molecule has 3 rings (SSSR count). The van der Waals surface area contributed by atoms with E-state index in [9.17, 15) is 4.79 Å². The topological polar surface area (TPSA) is 41.6 Å². The van der Waals surface area contributed by atoms with Crippen molar-refractivity contribution in [3.8, 4) is 5.75 Å². The van der Waals surface area contributed by atoms with Crippen molar-refractivity contribution < 1.29 is 9.53 Å². The molecule has 1 saturated heterocycles. The summed E-state index contributed by atoms with van der Waals surface area (Å²) in [5, 5.41) is 3.46. The second-order valence-corrected chi connectivity index (χ2v) is 6.97. The molecule has 134 valence electrons. The number of halogens is 1. The Labute approximate surface area is 151 Å². The SMILES string of the molecule is CCOc1ccc(CN(C)C(=O)[C@@]23CCCC[C@H]2CNC3)cc1.Cl. The number of nitrogens with zero attached hydrogens (tertiary/aromatic N) is 1. The van der Waals surface area contributed by atoms with Gasteiger partial charge in [0.25, 0.3) is 0 Å². The van der Waals surface area contributed by atoms with Crippen LogP contribution in [0.15, 0.2) is 24.3 Å². The second-order valence-electron chi connectivity index (χ2n) is 6.97. The van der Waals surface area contributed by atoms with Gasteiger partial charge in [-0.25, -0.2) is 0 Å². The molecule has 2 fully saturated rings. The Morgan fingerprint density at radius 2 is 2.08 bits per heavy atom. The number of fused-ring (bicyclic) bond motifs is 1. The molecule has 4 nitrogen and oxygen atoms in total. The smallest absolute Gasteiger partial charge is 0.230 e. The highest BCUT2D eigenvalue weighted by Gasteiger charge is 2.50. The van der Waals surface area contributed by atoms with Crippen LogP contribution >= 0.6 is 12.4 Å². The largest absolute Gasteiger partial charge is 0.494 e. The van der Waals surface area contributed by atoms with Gasteiger partial charge in [-0.1, -0.05) is 25.0 Å². The molecule has 1 aliphatic carbocycles. The third-order valence-corrected chi connectivity index (χ3v) is 5.46. The highest BCUT2D eigenvalue weighted by atomic mass is 35.5. The van der Waals surface area contributed by atoms with Crippen molar-refractivity contribution in [2.45, 2.75) is 39.2 Å². The van der Waals surface area contributed by atoms with Gasteiger partial charge in [0.05, 0.1) is 12.0 Å². The van der Waals surface area contributed by atoms with E-state index >= 15 is 0 Å². The van der Waals surface area contributed by atoms with Crippen LogP contribution < -0.4 is 10.1 Å². The van der Waals surface area contributed by atoms with Crippen LogP contribution in [-0.2, 0) is 11.3 Å². The fourth-order valence-corrected chi connectivity index (χ4v) is 4.25. The summed E-state index contributed by atoms with van der Waals surface area (Å²) in [6.45, 7) is 5.18. The highest BCUT2D eigenvalue weighted by Crippen LogP contribution is 2.45. The molecule has 0 bridgehead atoms. The minimum Gasteiger partial charge on any atom is -0.494 e. The molecular weight excluding hydrogens is 324 g/mol. The predicted molar refractivity (Wildman–Crippen MR) is 98.6 cm³/mol. The fourth-order valence-electron chi connectivity index (χ4n) is 4.25. The van der Waals surface area contributed by atoms with Crippen molar-refractivity contribution in [2.24, 2.45) is 11.3 Å². The second kappa shape index (κ2) is 8.21. The number of carbonyl (C=O) groups is 1. The van der Waals surface area contributed by atoms with E-state index in [0.29, 0.717) is 25.0 Å². The van der Waals surface area contributed by atoms with Crippen LogP contribution in [0.25, 0.3) is 0 Å². The highest BCUT2D eigenvalue weighted by molar-refractivity contribution is 5.85. The van der Waals surface area contributed by atoms with E-state index < -0.39 is 0 Å². The van der Waals surface area contributed by atoms with E-state index in [1.807, 2.05) is 31.0 Å². The summed E-state index contributed by atoms with van der Waals surface area (Å²) < 4.78 is 5.48. The number of benzene rings is 1. The van der Waals surface area contributed by atoms with Gasteiger partial charge in [-0.05, 0) is 49.9 Å². The number of hydrogen-bond donors (Lipinski definition) is 1. The van der Waals surface area contributed by atoms with Crippen molar-refractivity contribution in [3.05, 3.63) is 29.8 Å². The van der Waals surface area contributed by atoms with Crippen LogP contribution in [0.4, 0.5) is 0 Å². The Morgan fingerprint density at radius 3 is 2.79 bits per heavy atom. The van der Waals surface area contributed by atoms with Crippen molar-refractivity contribution in [1.82, 2.24) is 10.2 Å². The summed E-state index contributed by atoms with van der Waals surface area (Å²) in [6, 6.07) is 8.07. The van der Waals surface area contributed by atoms with E-state index in [0.717, 1.165) is 30.8 Å². The molecule has 1 aliphatic heterocycles. The van der Waals surface area contributed by atoms with E-state index in [-0.39, 0.29) is 17.8 Å². The lowest BCUT2D eigenvalue weighted by molar-refractivity contribution is -0.144. The Balaban J connectivity index is 0.00000208. The molecule has 1 aromatic carbocycles. The van der Waals surface area contributed by atoms with Crippen LogP contribution in [-0.4, -0.2) is 37.6 Å². The van der Waals surface area contributed by atoms with Crippen LogP contribution in [0.2, 0.25) is 0 Å². The first-order chi connectivity index (χ1) is 11.2. The molecule has 0 spiro atoms. The molecule has 1 heterocycles. The van der Waals surface area contributed by atoms with E-state index in [2.05, 4.69) is 17.4 Å². The van der Waals surface area contributed by atoms with Crippen LogP contribution in [0, 0.1) is 11.3 Å². The van der Waals surface area contributed by atoms with Gasteiger partial charge in [-0.2, -0.15) is 0 Å². The fraction of sp³-hybridized carbons (Fsp3) is 0.632. The summed E-state index contributed by atoms with van der Waals surface area (Å²) in [5.41, 5.74) is 0.997. The predicted octanol–water partition coefficient (Wildman–Crippen LogP) is 3.25. The van der Waals surface area contributed by atoms with Crippen molar-refractivity contribution in [1.29, 1.82) is 0 Å². The first-order valence-electron chi connectivity index (χ1n) is 8.84. The summed E-state index contributed by atoms with van der Waals surface area (Å²) in [7, 11) is 1.94. The number of hydrogen-bond acceptors (Lipinski definition) is 3. The quantitative estimate of drug-likeness (QED) is 0.884. The van der Waals surface area contributed by atoms with Crippen molar-refractivity contribution >= 4 is 18.3 Å². The van der Waals surface area contributed by atoms with Gasteiger partial charge >= 0.3 is 0 Å². The van der Waals surface area contributed by atoms with Crippen LogP contribution in [0.3, 0.4) is 0 Å². The molecule has 1 amide bonds. The van der Waals surface area contributed by atoms with E-state index in [1.54, 1.807) is 0 Å². The molecule has 0 radical (unpaired) electrons. The molecule has 0 unspecified atom stereocenters. The monoisotopic (exact) mass is 352 g/mol. The Kier molecular flexibility index (Phi) is 6.53. The summed E-state index contributed by atoms with van der Waals surface area (Å²) in [4.78, 5) is 15.1. The third-order valence-electron chi connectivity index (χ3n) is 5.46. The zero-order chi connectivity index (χ0) is 16.3. The Bertz CT molecular complexity index is 549. The van der Waals surface area contributed by atoms with Gasteiger partial charge < -0.3 is 15.0 Å². The number of ether oxygens (including phenoxy) is 1. The molecule has 24 heavy (non-hydrogen) atoms. The minimum atomic E-state index is -0.155. The standard InChI is InChI=1S/C19H28N2O2.ClH/c1-3-23-17-9-7-15(8-10-17)13-21(2)18(22)19-11-5-4-6-16(19)12-20-14-19;/h7-10,16,20H,3-6,11-14H2,1-2H3;1H/t16-,19+;/m0./s1. The zero-order valence-corrected chi connectivity index (χ0v) is 15.5. The Morgan fingerprint density at radius 1 is 1.33 bits per heavy atom. The molecule has 1 N–H and O–H groups in total. The molecule has 1 saturated carbocycles. The van der Waals surface area contributed by atoms with Gasteiger partial charge in [-0.3, -0.25) is 4.79 Å². The average Bonchev–Trinajstić information content (AvgIpc) is 3.01. The lowest BCUT2D eigenvalue weighted by Crippen LogP contribution is -2.48. The first kappa shape index (κ1) is 19.1. The molecule has 1 aromatic rings. The van der Waals surface area contributed by atoms with Gasteiger partial charge in [0.15, 0.2) is 0 Å². The average molecular weight is 353 g/mol. The molecule has 0 aromatic heterocycles. The Hall–Kier alpha value is -1.26. The molecule has 5 heteroatoms. The van der Waals surface area contributed by atoms with E-state index in [4.69, 9.17) is 4.74 Å². The van der Waals surface area contributed by atoms with Crippen molar-refractivity contribution in [2.75, 3.05) is 26.7 Å². The van der Waals surface area contributed by atoms with E-state index in [1.165, 1.54) is 19.3 Å². The molecular formula is C19H29ClN2O2. The number of amides is 1. The maximum atomic E-state index is 13.1. The minimum absolute atomic E-state index is 0. The van der Waals surface area contributed by atoms with Gasteiger partial charge in [0.1, 0.15) is 5.75 Å². The maximum Gasteiger partial charge on any atom is 0.230 e. The number of rotatable bonds is 5. The molecule has 2 aliphatic rings. The summed E-state index contributed by atoms with van der Waals surface area (Å²) in [5.74, 6) is 1.73. The van der Waals surface area contributed by atoms with Gasteiger partial charge in [0.2, 0.25) is 5.91 Å². The summed E-state index contributed by atoms with van der Waals surface area (Å²) >= 11 is 0. The number of carbonyl (C=O) groups excluding carboxylic acids is 1. The number of nitrogens with one attached hydrogen (secondary N) is 1. The summed E-state index contributed by atoms with van der Waals surface area (Å²) in [6.07, 6.45) is 4.68. The van der Waals surface area contributed by atoms with Gasteiger partial charge in [0, 0.05) is 20.1 Å². The first-order valence-corrected chi connectivity index (χ1v) is 8.84. The lowest BCUT2D eigenvalue weighted by Gasteiger charge is -2.39. The van der Waals surface area contributed by atoms with Crippen molar-refractivity contribution in [3.63, 3.8) is 0 Å². The van der Waals surface area contributed by atoms with Crippen LogP contribution in [0.5, 0.6) is 5.75 Å².